The van der Waals surface area contributed by atoms with Gasteiger partial charge in [0.05, 0.1) is 18.5 Å². The highest BCUT2D eigenvalue weighted by molar-refractivity contribution is 5.77. The highest BCUT2D eigenvalue weighted by atomic mass is 16.5. The molecule has 0 radical (unpaired) electrons. The zero-order valence-corrected chi connectivity index (χ0v) is 19.9. The minimum atomic E-state index is 0.426. The third kappa shape index (κ3) is 4.73. The van der Waals surface area contributed by atoms with E-state index in [1.54, 1.807) is 7.11 Å². The molecule has 0 spiro atoms. The Bertz CT molecular complexity index is 1030. The number of aryl methyl sites for hydroxylation is 1. The van der Waals surface area contributed by atoms with E-state index in [1.807, 2.05) is 6.07 Å². The molecule has 32 heavy (non-hydrogen) atoms. The number of pyridine rings is 1. The summed E-state index contributed by atoms with van der Waals surface area (Å²) in [6.45, 7) is 5.10. The van der Waals surface area contributed by atoms with E-state index in [1.165, 1.54) is 22.5 Å². The Morgan fingerprint density at radius 1 is 0.906 bits per heavy atom. The lowest BCUT2D eigenvalue weighted by molar-refractivity contribution is 0.258. The second kappa shape index (κ2) is 9.61. The van der Waals surface area contributed by atoms with Gasteiger partial charge in [-0.2, -0.15) is 0 Å². The summed E-state index contributed by atoms with van der Waals surface area (Å²) in [5, 5.41) is 0. The van der Waals surface area contributed by atoms with Crippen LogP contribution in [0.15, 0.2) is 60.7 Å². The Kier molecular flexibility index (Phi) is 6.66. The number of likely N-dealkylation sites (N-methyl/N-ethyl adjacent to an activating group) is 1. The molecule has 5 heteroatoms. The van der Waals surface area contributed by atoms with E-state index >= 15 is 0 Å². The van der Waals surface area contributed by atoms with Gasteiger partial charge in [-0.05, 0) is 44.2 Å². The molecule has 1 aliphatic rings. The van der Waals surface area contributed by atoms with Crippen molar-refractivity contribution in [3.8, 4) is 17.1 Å². The molecule has 2 heterocycles. The molecule has 2 aromatic carbocycles. The predicted octanol–water partition coefficient (Wildman–Crippen LogP) is 5.01. The molecule has 4 rings (SSSR count). The number of nitrogens with zero attached hydrogens (tertiary/aromatic N) is 4. The van der Waals surface area contributed by atoms with Crippen molar-refractivity contribution in [2.45, 2.75) is 19.4 Å². The summed E-state index contributed by atoms with van der Waals surface area (Å²) < 4.78 is 5.46. The molecule has 0 amide bonds. The molecular formula is C27H34N4O. The second-order valence-electron chi connectivity index (χ2n) is 8.85. The van der Waals surface area contributed by atoms with Crippen LogP contribution < -0.4 is 14.5 Å². The van der Waals surface area contributed by atoms with E-state index in [0.29, 0.717) is 11.9 Å². The molecule has 1 unspecified atom stereocenters. The van der Waals surface area contributed by atoms with Gasteiger partial charge in [-0.3, -0.25) is 4.90 Å². The smallest absolute Gasteiger partial charge is 0.213 e. The fourth-order valence-electron chi connectivity index (χ4n) is 4.43. The predicted molar refractivity (Wildman–Crippen MR) is 134 cm³/mol. The number of anilines is 2. The van der Waals surface area contributed by atoms with Crippen molar-refractivity contribution in [3.63, 3.8) is 0 Å². The van der Waals surface area contributed by atoms with Gasteiger partial charge in [-0.15, -0.1) is 0 Å². The van der Waals surface area contributed by atoms with Gasteiger partial charge in [-0.1, -0.05) is 42.0 Å². The zero-order chi connectivity index (χ0) is 22.7. The first-order valence-electron chi connectivity index (χ1n) is 11.3. The quantitative estimate of drug-likeness (QED) is 0.568. The summed E-state index contributed by atoms with van der Waals surface area (Å²) in [7, 11) is 8.03. The molecule has 0 aliphatic carbocycles. The van der Waals surface area contributed by atoms with E-state index < -0.39 is 0 Å². The summed E-state index contributed by atoms with van der Waals surface area (Å²) >= 11 is 0. The fourth-order valence-corrected chi connectivity index (χ4v) is 4.43. The monoisotopic (exact) mass is 430 g/mol. The molecule has 0 bridgehead atoms. The van der Waals surface area contributed by atoms with Gasteiger partial charge >= 0.3 is 0 Å². The fraction of sp³-hybridized carbons (Fsp3) is 0.370. The van der Waals surface area contributed by atoms with Crippen LogP contribution in [0.3, 0.4) is 0 Å². The van der Waals surface area contributed by atoms with Crippen molar-refractivity contribution in [2.24, 2.45) is 0 Å². The highest BCUT2D eigenvalue weighted by Crippen LogP contribution is 2.35. The molecule has 5 nitrogen and oxygen atoms in total. The molecular weight excluding hydrogens is 396 g/mol. The number of hydrogen-bond acceptors (Lipinski definition) is 5. The largest absolute Gasteiger partial charge is 0.481 e. The molecule has 168 valence electrons. The van der Waals surface area contributed by atoms with Crippen molar-refractivity contribution in [3.05, 3.63) is 71.8 Å². The first-order chi connectivity index (χ1) is 15.5. The third-order valence-corrected chi connectivity index (χ3v) is 6.44. The van der Waals surface area contributed by atoms with E-state index in [4.69, 9.17) is 9.72 Å². The van der Waals surface area contributed by atoms with Gasteiger partial charge in [-0.25, -0.2) is 4.98 Å². The molecule has 1 fully saturated rings. The lowest BCUT2D eigenvalue weighted by Gasteiger charge is -2.25. The number of rotatable bonds is 5. The van der Waals surface area contributed by atoms with Crippen molar-refractivity contribution in [1.82, 2.24) is 9.88 Å². The first kappa shape index (κ1) is 22.2. The minimum absolute atomic E-state index is 0.426. The van der Waals surface area contributed by atoms with Gasteiger partial charge in [0.25, 0.3) is 0 Å². The maximum absolute atomic E-state index is 5.46. The molecule has 1 aromatic heterocycles. The normalized spacial score (nSPS) is 17.2. The maximum Gasteiger partial charge on any atom is 0.213 e. The van der Waals surface area contributed by atoms with Crippen LogP contribution in [0.2, 0.25) is 0 Å². The van der Waals surface area contributed by atoms with Gasteiger partial charge in [0.15, 0.2) is 0 Å². The number of aromatic nitrogens is 1. The van der Waals surface area contributed by atoms with Crippen LogP contribution >= 0.6 is 0 Å². The third-order valence-electron chi connectivity index (χ3n) is 6.44. The highest BCUT2D eigenvalue weighted by Gasteiger charge is 2.25. The van der Waals surface area contributed by atoms with E-state index in [9.17, 15) is 0 Å². The van der Waals surface area contributed by atoms with Crippen LogP contribution in [0.5, 0.6) is 5.88 Å². The number of ether oxygens (including phenoxy) is 1. The second-order valence-corrected chi connectivity index (χ2v) is 8.85. The van der Waals surface area contributed by atoms with Gasteiger partial charge in [0.1, 0.15) is 0 Å². The topological polar surface area (TPSA) is 31.8 Å². The Morgan fingerprint density at radius 3 is 2.28 bits per heavy atom. The summed E-state index contributed by atoms with van der Waals surface area (Å²) in [6.07, 6.45) is 1.07. The van der Waals surface area contributed by atoms with Crippen LogP contribution in [-0.2, 0) is 0 Å². The Labute approximate surface area is 192 Å². The van der Waals surface area contributed by atoms with Gasteiger partial charge in [0.2, 0.25) is 5.88 Å². The molecule has 1 aliphatic heterocycles. The van der Waals surface area contributed by atoms with Gasteiger partial charge < -0.3 is 14.5 Å². The maximum atomic E-state index is 5.46. The van der Waals surface area contributed by atoms with Crippen molar-refractivity contribution >= 4 is 11.4 Å². The molecule has 0 saturated carbocycles. The Morgan fingerprint density at radius 2 is 1.62 bits per heavy atom. The summed E-state index contributed by atoms with van der Waals surface area (Å²) in [5.41, 5.74) is 7.13. The van der Waals surface area contributed by atoms with Crippen molar-refractivity contribution in [1.29, 1.82) is 0 Å². The van der Waals surface area contributed by atoms with E-state index in [-0.39, 0.29) is 0 Å². The Hall–Kier alpha value is -3.05. The molecule has 1 atom stereocenters. The van der Waals surface area contributed by atoms with Crippen LogP contribution in [-0.4, -0.2) is 57.8 Å². The summed E-state index contributed by atoms with van der Waals surface area (Å²) in [5.74, 6) is 0.643. The van der Waals surface area contributed by atoms with Crippen LogP contribution in [0, 0.1) is 6.92 Å². The van der Waals surface area contributed by atoms with Crippen molar-refractivity contribution in [2.75, 3.05) is 57.7 Å². The lowest BCUT2D eigenvalue weighted by Crippen LogP contribution is -2.29. The number of hydrogen-bond donors (Lipinski definition) is 0. The van der Waals surface area contributed by atoms with Crippen LogP contribution in [0.4, 0.5) is 11.4 Å². The van der Waals surface area contributed by atoms with Gasteiger partial charge in [0, 0.05) is 57.1 Å². The standard InChI is InChI=1S/C27H34N4O/c1-20-6-8-21(9-7-20)24-16-17-31(19-18-30(24)4)25-14-15-26(32-5)28-27(25)22-10-12-23(13-11-22)29(2)3/h6-15,24H,16-19H2,1-5H3. The average Bonchev–Trinajstić information content (AvgIpc) is 3.01. The van der Waals surface area contributed by atoms with Crippen molar-refractivity contribution < 1.29 is 4.74 Å². The number of benzene rings is 2. The SMILES string of the molecule is COc1ccc(N2CCC(c3ccc(C)cc3)N(C)CC2)c(-c2ccc(N(C)C)cc2)n1. The Balaban J connectivity index is 1.63. The first-order valence-corrected chi connectivity index (χ1v) is 11.3. The van der Waals surface area contributed by atoms with Crippen LogP contribution in [0.1, 0.15) is 23.6 Å². The minimum Gasteiger partial charge on any atom is -0.481 e. The number of methoxy groups -OCH3 is 1. The average molecular weight is 431 g/mol. The lowest BCUT2D eigenvalue weighted by atomic mass is 10.0. The zero-order valence-electron chi connectivity index (χ0n) is 19.9. The van der Waals surface area contributed by atoms with E-state index in [2.05, 4.69) is 97.4 Å². The van der Waals surface area contributed by atoms with E-state index in [0.717, 1.165) is 37.3 Å². The van der Waals surface area contributed by atoms with Crippen LogP contribution in [0.25, 0.3) is 11.3 Å². The molecule has 1 saturated heterocycles. The molecule has 3 aromatic rings. The summed E-state index contributed by atoms with van der Waals surface area (Å²) in [4.78, 5) is 11.9. The summed E-state index contributed by atoms with van der Waals surface area (Å²) in [6, 6.07) is 22.1. The molecule has 0 N–H and O–H groups in total.